The second-order valence-electron chi connectivity index (χ2n) is 11.8. The molecule has 2 aromatic carbocycles. The first-order valence-electron chi connectivity index (χ1n) is 14.7. The molecule has 218 valence electrons. The van der Waals surface area contributed by atoms with Crippen LogP contribution in [0.4, 0.5) is 0 Å². The normalized spacial score (nSPS) is 15.0. The van der Waals surface area contributed by atoms with Crippen LogP contribution in [0.25, 0.3) is 0 Å². The molecular weight excluding hydrogens is 586 g/mol. The van der Waals surface area contributed by atoms with Gasteiger partial charge in [0, 0.05) is 68.2 Å². The summed E-state index contributed by atoms with van der Waals surface area (Å²) in [5, 5.41) is 9.62. The SMILES string of the molecule is CC(C)c1cccc(C(C)C)c1C(=O)NCC=C1C=CCC(=CCNC(=O)c2c(C(C)C)cccc2C(C)C)N1.[Zr]. The van der Waals surface area contributed by atoms with Gasteiger partial charge >= 0.3 is 0 Å². The zero-order valence-corrected chi connectivity index (χ0v) is 28.5. The molecule has 0 atom stereocenters. The molecule has 0 saturated carbocycles. The molecule has 0 aliphatic carbocycles. The van der Waals surface area contributed by atoms with E-state index < -0.39 is 0 Å². The number of hydrogen-bond acceptors (Lipinski definition) is 3. The number of nitrogens with one attached hydrogen (secondary N) is 3. The van der Waals surface area contributed by atoms with Gasteiger partial charge in [-0.3, -0.25) is 9.59 Å². The van der Waals surface area contributed by atoms with Gasteiger partial charge in [-0.25, -0.2) is 0 Å². The molecule has 0 fully saturated rings. The molecule has 0 unspecified atom stereocenters. The summed E-state index contributed by atoms with van der Waals surface area (Å²) in [6.07, 6.45) is 8.89. The summed E-state index contributed by atoms with van der Waals surface area (Å²) < 4.78 is 0. The van der Waals surface area contributed by atoms with Gasteiger partial charge in [-0.15, -0.1) is 0 Å². The van der Waals surface area contributed by atoms with Gasteiger partial charge in [0.05, 0.1) is 0 Å². The maximum absolute atomic E-state index is 13.2. The van der Waals surface area contributed by atoms with E-state index in [4.69, 9.17) is 0 Å². The molecule has 5 nitrogen and oxygen atoms in total. The molecule has 6 heteroatoms. The topological polar surface area (TPSA) is 70.2 Å². The fraction of sp³-hybridized carbons (Fsp3) is 0.429. The van der Waals surface area contributed by atoms with Crippen LogP contribution in [-0.2, 0) is 26.2 Å². The maximum atomic E-state index is 13.2. The molecule has 3 N–H and O–H groups in total. The Bertz CT molecular complexity index is 1250. The van der Waals surface area contributed by atoms with E-state index in [-0.39, 0.29) is 61.7 Å². The number of amides is 2. The Labute approximate surface area is 266 Å². The number of benzene rings is 2. The third kappa shape index (κ3) is 9.13. The summed E-state index contributed by atoms with van der Waals surface area (Å²) in [4.78, 5) is 26.5. The molecular formula is C35H47N3O2Zr. The van der Waals surface area contributed by atoms with Gasteiger partial charge in [0.1, 0.15) is 0 Å². The van der Waals surface area contributed by atoms with Crippen molar-refractivity contribution in [3.05, 3.63) is 105 Å². The number of carbonyl (C=O) groups excluding carboxylic acids is 2. The molecule has 3 rings (SSSR count). The maximum Gasteiger partial charge on any atom is 0.252 e. The second-order valence-corrected chi connectivity index (χ2v) is 11.8. The molecule has 1 aliphatic heterocycles. The number of carbonyl (C=O) groups is 2. The van der Waals surface area contributed by atoms with E-state index in [0.29, 0.717) is 13.1 Å². The van der Waals surface area contributed by atoms with Crippen molar-refractivity contribution >= 4 is 11.8 Å². The predicted molar refractivity (Wildman–Crippen MR) is 167 cm³/mol. The van der Waals surface area contributed by atoms with E-state index in [1.54, 1.807) is 0 Å². The van der Waals surface area contributed by atoms with Crippen LogP contribution in [0.2, 0.25) is 0 Å². The van der Waals surface area contributed by atoms with Crippen LogP contribution in [0.1, 0.15) is 128 Å². The molecule has 0 spiro atoms. The third-order valence-corrected chi connectivity index (χ3v) is 7.34. The monoisotopic (exact) mass is 631 g/mol. The van der Waals surface area contributed by atoms with Crippen LogP contribution in [0.15, 0.2) is 72.1 Å². The predicted octanol–water partition coefficient (Wildman–Crippen LogP) is 7.65. The summed E-state index contributed by atoms with van der Waals surface area (Å²) in [5.41, 5.74) is 7.88. The number of allylic oxidation sites excluding steroid dienone is 2. The summed E-state index contributed by atoms with van der Waals surface area (Å²) in [6, 6.07) is 12.3. The largest absolute Gasteiger partial charge is 0.359 e. The molecule has 0 aromatic heterocycles. The summed E-state index contributed by atoms with van der Waals surface area (Å²) in [7, 11) is 0. The molecule has 0 bridgehead atoms. The van der Waals surface area contributed by atoms with E-state index in [9.17, 15) is 9.59 Å². The van der Waals surface area contributed by atoms with Crippen LogP contribution in [0.3, 0.4) is 0 Å². The van der Waals surface area contributed by atoms with E-state index in [2.05, 4.69) is 102 Å². The van der Waals surface area contributed by atoms with Gasteiger partial charge in [-0.2, -0.15) is 0 Å². The number of hydrogen-bond donors (Lipinski definition) is 3. The summed E-state index contributed by atoms with van der Waals surface area (Å²) in [5.74, 6) is 1.01. The molecule has 2 aromatic rings. The number of rotatable bonds is 10. The van der Waals surface area contributed by atoms with Crippen molar-refractivity contribution in [3.63, 3.8) is 0 Å². The first kappa shape index (κ1) is 34.5. The van der Waals surface area contributed by atoms with Gasteiger partial charge in [0.25, 0.3) is 11.8 Å². The molecule has 0 radical (unpaired) electrons. The Kier molecular flexibility index (Phi) is 13.5. The van der Waals surface area contributed by atoms with Crippen molar-refractivity contribution in [1.82, 2.24) is 16.0 Å². The van der Waals surface area contributed by atoms with Crippen LogP contribution in [0.5, 0.6) is 0 Å². The standard InChI is InChI=1S/C35H47N3O2.Zr/c1-22(2)28-14-10-15-29(23(3)4)32(28)34(39)36-20-18-26-12-9-13-27(38-26)19-21-37-35(40)33-30(24(5)6)16-11-17-31(33)25(7)8;/h9-12,14-19,22-25,38H,13,20-21H2,1-8H3,(H,36,39)(H,37,40);. The van der Waals surface area contributed by atoms with Gasteiger partial charge in [-0.1, -0.05) is 97.9 Å². The zero-order valence-electron chi connectivity index (χ0n) is 26.0. The fourth-order valence-corrected chi connectivity index (χ4v) is 5.17. The van der Waals surface area contributed by atoms with Crippen LogP contribution >= 0.6 is 0 Å². The average Bonchev–Trinajstić information content (AvgIpc) is 2.92. The molecule has 0 saturated heterocycles. The van der Waals surface area contributed by atoms with E-state index in [1.165, 1.54) is 0 Å². The van der Waals surface area contributed by atoms with Crippen molar-refractivity contribution in [1.29, 1.82) is 0 Å². The zero-order chi connectivity index (χ0) is 29.4. The van der Waals surface area contributed by atoms with Crippen molar-refractivity contribution in [2.45, 2.75) is 85.5 Å². The van der Waals surface area contributed by atoms with E-state index in [0.717, 1.165) is 51.2 Å². The molecule has 1 heterocycles. The third-order valence-electron chi connectivity index (χ3n) is 7.34. The first-order chi connectivity index (χ1) is 19.0. The Balaban J connectivity index is 0.00000588. The van der Waals surface area contributed by atoms with Crippen molar-refractivity contribution < 1.29 is 35.8 Å². The quantitative estimate of drug-likeness (QED) is 0.252. The van der Waals surface area contributed by atoms with Crippen LogP contribution in [-0.4, -0.2) is 24.9 Å². The van der Waals surface area contributed by atoms with E-state index >= 15 is 0 Å². The van der Waals surface area contributed by atoms with Crippen LogP contribution < -0.4 is 16.0 Å². The Morgan fingerprint density at radius 1 is 0.707 bits per heavy atom. The van der Waals surface area contributed by atoms with Gasteiger partial charge in [0.15, 0.2) is 0 Å². The first-order valence-corrected chi connectivity index (χ1v) is 14.7. The Hall–Kier alpha value is -2.72. The minimum Gasteiger partial charge on any atom is -0.359 e. The molecule has 1 aliphatic rings. The van der Waals surface area contributed by atoms with E-state index in [1.807, 2.05) is 30.4 Å². The van der Waals surface area contributed by atoms with Crippen molar-refractivity contribution in [3.8, 4) is 0 Å². The van der Waals surface area contributed by atoms with Crippen LogP contribution in [0, 0.1) is 0 Å². The van der Waals surface area contributed by atoms with Gasteiger partial charge in [0.2, 0.25) is 0 Å². The molecule has 41 heavy (non-hydrogen) atoms. The average molecular weight is 633 g/mol. The minimum atomic E-state index is -0.0365. The minimum absolute atomic E-state index is 0. The smallest absolute Gasteiger partial charge is 0.252 e. The summed E-state index contributed by atoms with van der Waals surface area (Å²) >= 11 is 0. The molecule has 2 amide bonds. The summed E-state index contributed by atoms with van der Waals surface area (Å²) in [6.45, 7) is 17.8. The second kappa shape index (κ2) is 16.1. The van der Waals surface area contributed by atoms with Crippen molar-refractivity contribution in [2.75, 3.05) is 13.1 Å². The van der Waals surface area contributed by atoms with Gasteiger partial charge in [-0.05, 0) is 64.2 Å². The Morgan fingerprint density at radius 3 is 1.49 bits per heavy atom. The fourth-order valence-electron chi connectivity index (χ4n) is 5.17. The van der Waals surface area contributed by atoms with Crippen molar-refractivity contribution in [2.24, 2.45) is 0 Å². The Morgan fingerprint density at radius 2 is 1.10 bits per heavy atom. The van der Waals surface area contributed by atoms with Gasteiger partial charge < -0.3 is 16.0 Å².